The second kappa shape index (κ2) is 9.66. The van der Waals surface area contributed by atoms with E-state index in [1.54, 1.807) is 7.05 Å². The highest BCUT2D eigenvalue weighted by atomic mass is 32.2. The molecule has 0 radical (unpaired) electrons. The summed E-state index contributed by atoms with van der Waals surface area (Å²) in [5.74, 6) is 3.79. The molecule has 4 aliphatic carbocycles. The predicted octanol–water partition coefficient (Wildman–Crippen LogP) is 4.77. The van der Waals surface area contributed by atoms with Gasteiger partial charge in [0, 0.05) is 20.0 Å². The van der Waals surface area contributed by atoms with E-state index in [1.165, 1.54) is 49.8 Å². The van der Waals surface area contributed by atoms with E-state index in [0.29, 0.717) is 35.0 Å². The summed E-state index contributed by atoms with van der Waals surface area (Å²) in [5, 5.41) is 10.3. The minimum absolute atomic E-state index is 0.0368. The van der Waals surface area contributed by atoms with Crippen LogP contribution in [0.2, 0.25) is 0 Å². The Morgan fingerprint density at radius 1 is 1.03 bits per heavy atom. The van der Waals surface area contributed by atoms with E-state index in [1.807, 2.05) is 0 Å². The number of aliphatic hydroxyl groups excluding tert-OH is 1. The maximum Gasteiger partial charge on any atom is 0.266 e. The molecule has 0 heterocycles. The van der Waals surface area contributed by atoms with Gasteiger partial charge in [-0.05, 0) is 111 Å². The van der Waals surface area contributed by atoms with Crippen LogP contribution < -0.4 is 0 Å². The first kappa shape index (κ1) is 26.4. The van der Waals surface area contributed by atoms with Gasteiger partial charge in [0.2, 0.25) is 5.91 Å². The first-order valence-corrected chi connectivity index (χ1v) is 15.3. The molecule has 196 valence electrons. The van der Waals surface area contributed by atoms with Crippen molar-refractivity contribution >= 4 is 16.0 Å². The molecule has 7 heteroatoms. The average Bonchev–Trinajstić information content (AvgIpc) is 3.12. The summed E-state index contributed by atoms with van der Waals surface area (Å²) >= 11 is 0. The molecule has 1 unspecified atom stereocenters. The highest BCUT2D eigenvalue weighted by Crippen LogP contribution is 2.68. The normalized spacial score (nSPS) is 42.9. The van der Waals surface area contributed by atoms with Crippen LogP contribution in [0.4, 0.5) is 0 Å². The highest BCUT2D eigenvalue weighted by molar-refractivity contribution is 7.85. The molecule has 0 spiro atoms. The maximum absolute atomic E-state index is 12.6. The Morgan fingerprint density at radius 3 is 2.41 bits per heavy atom. The summed E-state index contributed by atoms with van der Waals surface area (Å²) in [5.41, 5.74) is 0.768. The summed E-state index contributed by atoms with van der Waals surface area (Å²) in [4.78, 5) is 14.0. The number of carbonyl (C=O) groups excluding carboxylic acids is 1. The Balaban J connectivity index is 1.36. The Hall–Kier alpha value is -0.660. The molecule has 4 saturated carbocycles. The van der Waals surface area contributed by atoms with Crippen LogP contribution in [0, 0.1) is 46.3 Å². The zero-order valence-corrected chi connectivity index (χ0v) is 22.5. The van der Waals surface area contributed by atoms with Gasteiger partial charge in [0.15, 0.2) is 0 Å². The molecule has 4 aliphatic rings. The van der Waals surface area contributed by atoms with E-state index in [-0.39, 0.29) is 18.6 Å². The monoisotopic (exact) mass is 497 g/mol. The minimum Gasteiger partial charge on any atom is -0.393 e. The number of nitrogens with zero attached hydrogens (tertiary/aromatic N) is 1. The van der Waals surface area contributed by atoms with Crippen LogP contribution in [0.1, 0.15) is 91.4 Å². The maximum atomic E-state index is 12.6. The van der Waals surface area contributed by atoms with Crippen LogP contribution in [0.25, 0.3) is 0 Å². The average molecular weight is 498 g/mol. The Bertz CT molecular complexity index is 861. The first-order valence-electron chi connectivity index (χ1n) is 13.7. The van der Waals surface area contributed by atoms with Crippen molar-refractivity contribution in [2.24, 2.45) is 46.3 Å². The summed E-state index contributed by atoms with van der Waals surface area (Å²) in [6.07, 6.45) is 12.2. The highest BCUT2D eigenvalue weighted by Gasteiger charge is 2.60. The SMILES string of the molecule is C[C@H](CCC(=O)N(C)CCS(=O)(=O)O)[C@H]1CC[C@H]2[C@@H]3CCC4C[C@H](O)CC[C@]4(C)[C@H]3CC[C@]12C. The van der Waals surface area contributed by atoms with E-state index >= 15 is 0 Å². The molecule has 4 fully saturated rings. The van der Waals surface area contributed by atoms with E-state index in [2.05, 4.69) is 20.8 Å². The molecule has 9 atom stereocenters. The van der Waals surface area contributed by atoms with Gasteiger partial charge in [-0.3, -0.25) is 9.35 Å². The summed E-state index contributed by atoms with van der Waals surface area (Å²) in [6, 6.07) is 0. The number of fused-ring (bicyclic) bond motifs is 5. The third kappa shape index (κ3) is 4.95. The Kier molecular flexibility index (Phi) is 7.50. The first-order chi connectivity index (χ1) is 15.8. The van der Waals surface area contributed by atoms with Gasteiger partial charge in [-0.25, -0.2) is 0 Å². The van der Waals surface area contributed by atoms with E-state index in [0.717, 1.165) is 37.0 Å². The van der Waals surface area contributed by atoms with Crippen molar-refractivity contribution in [2.45, 2.75) is 97.5 Å². The van der Waals surface area contributed by atoms with Crippen molar-refractivity contribution in [3.05, 3.63) is 0 Å². The molecule has 4 rings (SSSR count). The molecule has 6 nitrogen and oxygen atoms in total. The van der Waals surface area contributed by atoms with Gasteiger partial charge in [-0.15, -0.1) is 0 Å². The topological polar surface area (TPSA) is 94.9 Å². The third-order valence-electron chi connectivity index (χ3n) is 11.3. The predicted molar refractivity (Wildman–Crippen MR) is 134 cm³/mol. The Labute approximate surface area is 207 Å². The van der Waals surface area contributed by atoms with Crippen molar-refractivity contribution < 1.29 is 22.9 Å². The number of carbonyl (C=O) groups is 1. The van der Waals surface area contributed by atoms with Crippen LogP contribution in [-0.2, 0) is 14.9 Å². The lowest BCUT2D eigenvalue weighted by Gasteiger charge is -2.61. The number of hydrogen-bond acceptors (Lipinski definition) is 4. The fourth-order valence-corrected chi connectivity index (χ4v) is 9.84. The zero-order chi connectivity index (χ0) is 24.9. The van der Waals surface area contributed by atoms with Gasteiger partial charge in [0.05, 0.1) is 11.9 Å². The summed E-state index contributed by atoms with van der Waals surface area (Å²) in [6.45, 7) is 7.44. The van der Waals surface area contributed by atoms with Crippen LogP contribution in [0.15, 0.2) is 0 Å². The van der Waals surface area contributed by atoms with E-state index < -0.39 is 15.9 Å². The van der Waals surface area contributed by atoms with Crippen molar-refractivity contribution in [3.63, 3.8) is 0 Å². The Morgan fingerprint density at radius 2 is 1.71 bits per heavy atom. The quantitative estimate of drug-likeness (QED) is 0.494. The van der Waals surface area contributed by atoms with Crippen LogP contribution in [0.5, 0.6) is 0 Å². The molecule has 0 bridgehead atoms. The zero-order valence-electron chi connectivity index (χ0n) is 21.7. The number of hydrogen-bond donors (Lipinski definition) is 2. The van der Waals surface area contributed by atoms with Crippen molar-refractivity contribution in [3.8, 4) is 0 Å². The smallest absolute Gasteiger partial charge is 0.266 e. The molecule has 0 aromatic heterocycles. The summed E-state index contributed by atoms with van der Waals surface area (Å²) in [7, 11) is -2.43. The second-order valence-electron chi connectivity index (χ2n) is 12.9. The minimum atomic E-state index is -4.05. The fraction of sp³-hybridized carbons (Fsp3) is 0.963. The molecule has 2 N–H and O–H groups in total. The van der Waals surface area contributed by atoms with Gasteiger partial charge in [0.1, 0.15) is 0 Å². The lowest BCUT2D eigenvalue weighted by Crippen LogP contribution is -2.54. The van der Waals surface area contributed by atoms with Crippen LogP contribution in [-0.4, -0.2) is 54.3 Å². The van der Waals surface area contributed by atoms with Gasteiger partial charge in [-0.2, -0.15) is 8.42 Å². The standard InChI is InChI=1S/C27H47NO5S/c1-18(5-10-25(30)28(4)15-16-34(31,32)33)22-8-9-23-21-7-6-19-17-20(29)11-13-26(19,2)24(21)12-14-27(22,23)3/h18-24,29H,5-17H2,1-4H3,(H,31,32,33)/t18-,19?,20-,21+,22-,23+,24+,26+,27-/m1/s1. The summed E-state index contributed by atoms with van der Waals surface area (Å²) < 4.78 is 30.9. The van der Waals surface area contributed by atoms with Gasteiger partial charge < -0.3 is 10.0 Å². The largest absolute Gasteiger partial charge is 0.393 e. The molecule has 0 aliphatic heterocycles. The van der Waals surface area contributed by atoms with Crippen molar-refractivity contribution in [2.75, 3.05) is 19.3 Å². The number of amides is 1. The van der Waals surface area contributed by atoms with Crippen molar-refractivity contribution in [1.82, 2.24) is 4.90 Å². The fourth-order valence-electron chi connectivity index (χ4n) is 9.33. The molecular formula is C27H47NO5S. The van der Waals surface area contributed by atoms with Gasteiger partial charge >= 0.3 is 0 Å². The molecule has 34 heavy (non-hydrogen) atoms. The molecule has 0 aromatic rings. The number of rotatable bonds is 7. The third-order valence-corrected chi connectivity index (χ3v) is 12.0. The molecule has 0 saturated heterocycles. The molecule has 1 amide bonds. The number of aliphatic hydroxyl groups is 1. The van der Waals surface area contributed by atoms with E-state index in [9.17, 15) is 18.3 Å². The molecule has 0 aromatic carbocycles. The lowest BCUT2D eigenvalue weighted by molar-refractivity contribution is -0.132. The van der Waals surface area contributed by atoms with E-state index in [4.69, 9.17) is 4.55 Å². The second-order valence-corrected chi connectivity index (χ2v) is 14.5. The van der Waals surface area contributed by atoms with Crippen LogP contribution >= 0.6 is 0 Å². The van der Waals surface area contributed by atoms with Crippen molar-refractivity contribution in [1.29, 1.82) is 0 Å². The lowest BCUT2D eigenvalue weighted by atomic mass is 9.44. The molecular weight excluding hydrogens is 450 g/mol. The van der Waals surface area contributed by atoms with Crippen LogP contribution in [0.3, 0.4) is 0 Å². The van der Waals surface area contributed by atoms with Gasteiger partial charge in [0.25, 0.3) is 10.1 Å². The van der Waals surface area contributed by atoms with Gasteiger partial charge in [-0.1, -0.05) is 20.8 Å².